The van der Waals surface area contributed by atoms with E-state index in [0.717, 1.165) is 41.7 Å². The van der Waals surface area contributed by atoms with Gasteiger partial charge in [-0.2, -0.15) is 0 Å². The first-order valence-corrected chi connectivity index (χ1v) is 9.32. The van der Waals surface area contributed by atoms with Crippen molar-refractivity contribution in [2.75, 3.05) is 18.4 Å². The number of anilines is 1. The first-order chi connectivity index (χ1) is 13.2. The molecule has 3 heterocycles. The summed E-state index contributed by atoms with van der Waals surface area (Å²) in [7, 11) is 0. The molecule has 1 aliphatic heterocycles. The number of phenols is 1. The van der Waals surface area contributed by atoms with Crippen LogP contribution in [0.5, 0.6) is 5.75 Å². The van der Waals surface area contributed by atoms with E-state index >= 15 is 0 Å². The molecule has 0 unspecified atom stereocenters. The van der Waals surface area contributed by atoms with E-state index in [2.05, 4.69) is 20.3 Å². The molecule has 1 amide bonds. The van der Waals surface area contributed by atoms with E-state index in [1.165, 1.54) is 6.33 Å². The summed E-state index contributed by atoms with van der Waals surface area (Å²) >= 11 is 0. The predicted octanol–water partition coefficient (Wildman–Crippen LogP) is 3.14. The minimum absolute atomic E-state index is 0.138. The molecule has 3 N–H and O–H groups in total. The molecule has 7 nitrogen and oxygen atoms in total. The van der Waals surface area contributed by atoms with Crippen LogP contribution in [0.25, 0.3) is 22.2 Å². The van der Waals surface area contributed by atoms with Gasteiger partial charge in [0, 0.05) is 42.9 Å². The normalized spacial score (nSPS) is 17.2. The summed E-state index contributed by atoms with van der Waals surface area (Å²) in [5.41, 5.74) is 2.29. The summed E-state index contributed by atoms with van der Waals surface area (Å²) in [6.45, 7) is 3.39. The van der Waals surface area contributed by atoms with Crippen LogP contribution in [0.4, 0.5) is 5.82 Å². The second-order valence-corrected chi connectivity index (χ2v) is 6.84. The van der Waals surface area contributed by atoms with Gasteiger partial charge in [0.2, 0.25) is 5.91 Å². The summed E-state index contributed by atoms with van der Waals surface area (Å²) in [6, 6.07) is 7.36. The summed E-state index contributed by atoms with van der Waals surface area (Å²) in [4.78, 5) is 25.9. The lowest BCUT2D eigenvalue weighted by Gasteiger charge is -2.33. The number of hydrogen-bond acceptors (Lipinski definition) is 5. The molecular weight excluding hydrogens is 342 g/mol. The van der Waals surface area contributed by atoms with Gasteiger partial charge in [-0.05, 0) is 18.9 Å². The highest BCUT2D eigenvalue weighted by molar-refractivity contribution is 6.01. The van der Waals surface area contributed by atoms with Crippen molar-refractivity contribution < 1.29 is 9.90 Å². The van der Waals surface area contributed by atoms with Crippen LogP contribution in [0.1, 0.15) is 26.2 Å². The highest BCUT2D eigenvalue weighted by Crippen LogP contribution is 2.36. The number of aromatic hydroxyl groups is 1. The molecule has 0 radical (unpaired) electrons. The van der Waals surface area contributed by atoms with Crippen LogP contribution in [0, 0.1) is 0 Å². The summed E-state index contributed by atoms with van der Waals surface area (Å²) in [5.74, 6) is 1.12. The molecule has 140 valence electrons. The fourth-order valence-electron chi connectivity index (χ4n) is 3.72. The molecule has 1 aromatic carbocycles. The molecule has 0 spiro atoms. The van der Waals surface area contributed by atoms with E-state index in [-0.39, 0.29) is 17.7 Å². The number of amides is 1. The second kappa shape index (κ2) is 7.26. The van der Waals surface area contributed by atoms with E-state index in [1.807, 2.05) is 30.2 Å². The molecule has 0 bridgehead atoms. The molecule has 0 saturated carbocycles. The van der Waals surface area contributed by atoms with Crippen molar-refractivity contribution >= 4 is 22.8 Å². The number of hydrogen-bond donors (Lipinski definition) is 3. The molecule has 3 aromatic rings. The summed E-state index contributed by atoms with van der Waals surface area (Å²) in [5, 5.41) is 14.6. The van der Waals surface area contributed by atoms with Crippen molar-refractivity contribution in [2.45, 2.75) is 32.2 Å². The van der Waals surface area contributed by atoms with Crippen LogP contribution in [0.2, 0.25) is 0 Å². The number of rotatable bonds is 4. The molecule has 4 rings (SSSR count). The number of benzene rings is 1. The van der Waals surface area contributed by atoms with E-state index in [4.69, 9.17) is 0 Å². The Morgan fingerprint density at radius 3 is 3.00 bits per heavy atom. The zero-order valence-corrected chi connectivity index (χ0v) is 15.3. The minimum atomic E-state index is 0.138. The van der Waals surface area contributed by atoms with Gasteiger partial charge in [-0.25, -0.2) is 9.97 Å². The smallest absolute Gasteiger partial charge is 0.222 e. The third kappa shape index (κ3) is 3.32. The Kier molecular flexibility index (Phi) is 4.66. The van der Waals surface area contributed by atoms with Gasteiger partial charge in [0.25, 0.3) is 0 Å². The number of H-pyrrole nitrogens is 1. The predicted molar refractivity (Wildman–Crippen MR) is 105 cm³/mol. The van der Waals surface area contributed by atoms with Crippen molar-refractivity contribution in [3.05, 3.63) is 36.8 Å². The lowest BCUT2D eigenvalue weighted by molar-refractivity contribution is -0.131. The zero-order chi connectivity index (χ0) is 18.8. The Morgan fingerprint density at radius 2 is 2.19 bits per heavy atom. The highest BCUT2D eigenvalue weighted by Gasteiger charge is 2.24. The number of piperidine rings is 1. The Bertz CT molecular complexity index is 968. The van der Waals surface area contributed by atoms with Gasteiger partial charge in [-0.3, -0.25) is 4.79 Å². The fraction of sp³-hybridized carbons (Fsp3) is 0.350. The lowest BCUT2D eigenvalue weighted by atomic mass is 10.0. The van der Waals surface area contributed by atoms with Crippen LogP contribution in [-0.4, -0.2) is 50.0 Å². The largest absolute Gasteiger partial charge is 0.507 e. The fourth-order valence-corrected chi connectivity index (χ4v) is 3.72. The monoisotopic (exact) mass is 365 g/mol. The van der Waals surface area contributed by atoms with Crippen LogP contribution in [-0.2, 0) is 4.79 Å². The maximum Gasteiger partial charge on any atom is 0.222 e. The third-order valence-electron chi connectivity index (χ3n) is 5.08. The van der Waals surface area contributed by atoms with Gasteiger partial charge in [0.15, 0.2) is 0 Å². The maximum atomic E-state index is 12.1. The Morgan fingerprint density at radius 1 is 1.33 bits per heavy atom. The summed E-state index contributed by atoms with van der Waals surface area (Å²) in [6.07, 6.45) is 5.84. The highest BCUT2D eigenvalue weighted by atomic mass is 16.3. The van der Waals surface area contributed by atoms with Crippen molar-refractivity contribution in [3.63, 3.8) is 0 Å². The molecule has 1 aliphatic rings. The average Bonchev–Trinajstić information content (AvgIpc) is 3.13. The number of phenolic OH excluding ortho intramolecular Hbond substituents is 1. The number of carbonyl (C=O) groups excluding carboxylic acids is 1. The molecule has 1 atom stereocenters. The van der Waals surface area contributed by atoms with Crippen molar-refractivity contribution in [1.82, 2.24) is 19.9 Å². The molecule has 1 fully saturated rings. The van der Waals surface area contributed by atoms with Gasteiger partial charge in [-0.15, -0.1) is 0 Å². The molecule has 7 heteroatoms. The van der Waals surface area contributed by atoms with Gasteiger partial charge < -0.3 is 20.3 Å². The number of carbonyl (C=O) groups is 1. The quantitative estimate of drug-likeness (QED) is 0.660. The zero-order valence-electron chi connectivity index (χ0n) is 15.3. The van der Waals surface area contributed by atoms with Crippen molar-refractivity contribution in [1.29, 1.82) is 0 Å². The number of fused-ring (bicyclic) bond motifs is 1. The first-order valence-electron chi connectivity index (χ1n) is 9.32. The van der Waals surface area contributed by atoms with Crippen LogP contribution in [0.3, 0.4) is 0 Å². The van der Waals surface area contributed by atoms with Crippen LogP contribution >= 0.6 is 0 Å². The third-order valence-corrected chi connectivity index (χ3v) is 5.08. The SMILES string of the molecule is CCC(=O)N1CCC[C@@H](Nc2ncnc3[nH]cc(-c4ccccc4O)c23)C1. The number of likely N-dealkylation sites (tertiary alicyclic amines) is 1. The van der Waals surface area contributed by atoms with Gasteiger partial charge in [-0.1, -0.05) is 25.1 Å². The van der Waals surface area contributed by atoms with E-state index in [1.54, 1.807) is 12.1 Å². The van der Waals surface area contributed by atoms with Crippen molar-refractivity contribution in [2.24, 2.45) is 0 Å². The van der Waals surface area contributed by atoms with Crippen LogP contribution in [0.15, 0.2) is 36.8 Å². The van der Waals surface area contributed by atoms with Gasteiger partial charge in [0.1, 0.15) is 23.5 Å². The van der Waals surface area contributed by atoms with E-state index < -0.39 is 0 Å². The maximum absolute atomic E-state index is 12.1. The molecule has 0 aliphatic carbocycles. The average molecular weight is 365 g/mol. The Hall–Kier alpha value is -3.09. The summed E-state index contributed by atoms with van der Waals surface area (Å²) < 4.78 is 0. The number of aromatic amines is 1. The van der Waals surface area contributed by atoms with Crippen molar-refractivity contribution in [3.8, 4) is 16.9 Å². The topological polar surface area (TPSA) is 94.1 Å². The number of aromatic nitrogens is 3. The molecule has 2 aromatic heterocycles. The Labute approximate surface area is 157 Å². The minimum Gasteiger partial charge on any atom is -0.507 e. The standard InChI is InChI=1S/C20H23N5O2/c1-2-17(27)25-9-5-6-13(11-25)24-20-18-15(10-21-19(18)22-12-23-20)14-7-3-4-8-16(14)26/h3-4,7-8,10,12-13,26H,2,5-6,9,11H2,1H3,(H2,21,22,23,24)/t13-/m1/s1. The van der Waals surface area contributed by atoms with E-state index in [9.17, 15) is 9.90 Å². The lowest BCUT2D eigenvalue weighted by Crippen LogP contribution is -2.45. The Balaban J connectivity index is 1.67. The molecule has 1 saturated heterocycles. The first kappa shape index (κ1) is 17.3. The molecular formula is C20H23N5O2. The van der Waals surface area contributed by atoms with Gasteiger partial charge in [0.05, 0.1) is 5.39 Å². The number of para-hydroxylation sites is 1. The van der Waals surface area contributed by atoms with Crippen LogP contribution < -0.4 is 5.32 Å². The number of nitrogens with zero attached hydrogens (tertiary/aromatic N) is 3. The molecule has 27 heavy (non-hydrogen) atoms. The van der Waals surface area contributed by atoms with E-state index in [0.29, 0.717) is 18.6 Å². The number of nitrogens with one attached hydrogen (secondary N) is 2. The van der Waals surface area contributed by atoms with Gasteiger partial charge >= 0.3 is 0 Å². The second-order valence-electron chi connectivity index (χ2n) is 6.84.